The smallest absolute Gasteiger partial charge is 0.229 e. The molecule has 120 valence electrons. The summed E-state index contributed by atoms with van der Waals surface area (Å²) in [4.78, 5) is 12.1. The molecule has 1 atom stereocenters. The van der Waals surface area contributed by atoms with E-state index >= 15 is 0 Å². The molecule has 4 heteroatoms. The summed E-state index contributed by atoms with van der Waals surface area (Å²) in [6, 6.07) is 15.8. The van der Waals surface area contributed by atoms with E-state index in [1.54, 1.807) is 0 Å². The molecule has 1 aliphatic heterocycles. The van der Waals surface area contributed by atoms with Crippen LogP contribution in [0.25, 0.3) is 0 Å². The van der Waals surface area contributed by atoms with Crippen LogP contribution in [-0.2, 0) is 16.1 Å². The van der Waals surface area contributed by atoms with Gasteiger partial charge in [-0.05, 0) is 42.7 Å². The molecule has 3 rings (SSSR count). The molecule has 23 heavy (non-hydrogen) atoms. The molecule has 0 spiro atoms. The molecule has 0 aliphatic carbocycles. The molecule has 1 N–H and O–H groups in total. The van der Waals surface area contributed by atoms with Crippen molar-refractivity contribution < 1.29 is 14.3 Å². The Hall–Kier alpha value is -2.33. The normalized spacial score (nSPS) is 17.0. The monoisotopic (exact) mass is 311 g/mol. The fraction of sp³-hybridized carbons (Fsp3) is 0.316. The van der Waals surface area contributed by atoms with Crippen LogP contribution in [0.2, 0.25) is 0 Å². The number of amides is 1. The maximum atomic E-state index is 12.1. The molecule has 2 aromatic carbocycles. The molecule has 0 aromatic heterocycles. The van der Waals surface area contributed by atoms with Gasteiger partial charge in [-0.3, -0.25) is 4.79 Å². The van der Waals surface area contributed by atoms with Crippen molar-refractivity contribution in [2.75, 3.05) is 18.5 Å². The summed E-state index contributed by atoms with van der Waals surface area (Å²) in [6.45, 7) is 3.69. The highest BCUT2D eigenvalue weighted by atomic mass is 16.5. The molecule has 0 unspecified atom stereocenters. The highest BCUT2D eigenvalue weighted by molar-refractivity contribution is 5.93. The van der Waals surface area contributed by atoms with Crippen molar-refractivity contribution in [1.82, 2.24) is 0 Å². The molecule has 0 saturated carbocycles. The summed E-state index contributed by atoms with van der Waals surface area (Å²) in [7, 11) is 0. The summed E-state index contributed by atoms with van der Waals surface area (Å²) in [5.74, 6) is 0.792. The fourth-order valence-electron chi connectivity index (χ4n) is 2.58. The number of anilines is 1. The van der Waals surface area contributed by atoms with E-state index in [-0.39, 0.29) is 11.8 Å². The number of rotatable bonds is 5. The molecule has 1 amide bonds. The van der Waals surface area contributed by atoms with Crippen LogP contribution in [0, 0.1) is 12.8 Å². The third-order valence-corrected chi connectivity index (χ3v) is 4.00. The summed E-state index contributed by atoms with van der Waals surface area (Å²) in [5.41, 5.74) is 2.94. The lowest BCUT2D eigenvalue weighted by Gasteiger charge is -2.13. The van der Waals surface area contributed by atoms with Gasteiger partial charge < -0.3 is 14.8 Å². The molecule has 1 saturated heterocycles. The first-order valence-corrected chi connectivity index (χ1v) is 7.88. The Kier molecular flexibility index (Phi) is 4.93. The number of aryl methyl sites for hydroxylation is 1. The van der Waals surface area contributed by atoms with Crippen molar-refractivity contribution in [2.24, 2.45) is 5.92 Å². The molecule has 0 bridgehead atoms. The Morgan fingerprint density at radius 3 is 2.78 bits per heavy atom. The van der Waals surface area contributed by atoms with Gasteiger partial charge in [0.05, 0.1) is 12.5 Å². The third kappa shape index (κ3) is 4.11. The first kappa shape index (κ1) is 15.6. The van der Waals surface area contributed by atoms with Crippen molar-refractivity contribution >= 4 is 11.6 Å². The van der Waals surface area contributed by atoms with Gasteiger partial charge in [0.25, 0.3) is 0 Å². The second-order valence-electron chi connectivity index (χ2n) is 5.80. The average Bonchev–Trinajstić information content (AvgIpc) is 3.11. The van der Waals surface area contributed by atoms with Crippen LogP contribution in [0.15, 0.2) is 48.5 Å². The third-order valence-electron chi connectivity index (χ3n) is 4.00. The molecule has 1 heterocycles. The quantitative estimate of drug-likeness (QED) is 0.918. The van der Waals surface area contributed by atoms with E-state index in [1.807, 2.05) is 55.5 Å². The molecular formula is C19H21NO3. The van der Waals surface area contributed by atoms with Crippen LogP contribution in [0.4, 0.5) is 5.69 Å². The molecule has 0 radical (unpaired) electrons. The Balaban J connectivity index is 1.60. The average molecular weight is 311 g/mol. The van der Waals surface area contributed by atoms with Crippen LogP contribution in [-0.4, -0.2) is 19.1 Å². The highest BCUT2D eigenvalue weighted by Gasteiger charge is 2.23. The van der Waals surface area contributed by atoms with E-state index in [0.717, 1.165) is 29.0 Å². The maximum absolute atomic E-state index is 12.1. The lowest BCUT2D eigenvalue weighted by Crippen LogP contribution is -2.23. The van der Waals surface area contributed by atoms with E-state index in [0.29, 0.717) is 19.8 Å². The van der Waals surface area contributed by atoms with Crippen LogP contribution in [0.5, 0.6) is 5.75 Å². The van der Waals surface area contributed by atoms with Crippen LogP contribution in [0.3, 0.4) is 0 Å². The topological polar surface area (TPSA) is 47.6 Å². The lowest BCUT2D eigenvalue weighted by atomic mass is 10.1. The van der Waals surface area contributed by atoms with Crippen molar-refractivity contribution in [1.29, 1.82) is 0 Å². The zero-order valence-electron chi connectivity index (χ0n) is 13.2. The Morgan fingerprint density at radius 1 is 1.26 bits per heavy atom. The van der Waals surface area contributed by atoms with Gasteiger partial charge in [-0.15, -0.1) is 0 Å². The largest absolute Gasteiger partial charge is 0.489 e. The number of hydrogen-bond donors (Lipinski definition) is 1. The van der Waals surface area contributed by atoms with Crippen molar-refractivity contribution in [2.45, 2.75) is 20.0 Å². The first-order valence-electron chi connectivity index (χ1n) is 7.88. The van der Waals surface area contributed by atoms with Crippen molar-refractivity contribution in [3.8, 4) is 5.75 Å². The highest BCUT2D eigenvalue weighted by Crippen LogP contribution is 2.23. The van der Waals surface area contributed by atoms with E-state index in [2.05, 4.69) is 5.32 Å². The summed E-state index contributed by atoms with van der Waals surface area (Å²) < 4.78 is 11.1. The van der Waals surface area contributed by atoms with Gasteiger partial charge in [0.15, 0.2) is 0 Å². The van der Waals surface area contributed by atoms with Crippen LogP contribution >= 0.6 is 0 Å². The van der Waals surface area contributed by atoms with E-state index in [1.165, 1.54) is 0 Å². The molecule has 2 aromatic rings. The molecule has 1 aliphatic rings. The standard InChI is InChI=1S/C19H21NO3/c1-14-11-17(23-12-15-5-3-2-4-6-15)7-8-18(14)20-19(21)16-9-10-22-13-16/h2-8,11,16H,9-10,12-13H2,1H3,(H,20,21)/t16-/m1/s1. The SMILES string of the molecule is Cc1cc(OCc2ccccc2)ccc1NC(=O)[C@@H]1CCOC1. The summed E-state index contributed by atoms with van der Waals surface area (Å²) in [5, 5.41) is 2.98. The number of carbonyl (C=O) groups is 1. The minimum atomic E-state index is -0.0385. The molecule has 1 fully saturated rings. The summed E-state index contributed by atoms with van der Waals surface area (Å²) >= 11 is 0. The first-order chi connectivity index (χ1) is 11.2. The second kappa shape index (κ2) is 7.29. The fourth-order valence-corrected chi connectivity index (χ4v) is 2.58. The van der Waals surface area contributed by atoms with Gasteiger partial charge in [-0.2, -0.15) is 0 Å². The minimum Gasteiger partial charge on any atom is -0.489 e. The predicted octanol–water partition coefficient (Wildman–Crippen LogP) is 3.55. The Bertz CT molecular complexity index is 664. The van der Waals surface area contributed by atoms with Gasteiger partial charge >= 0.3 is 0 Å². The Morgan fingerprint density at radius 2 is 2.09 bits per heavy atom. The maximum Gasteiger partial charge on any atom is 0.229 e. The van der Waals surface area contributed by atoms with Crippen molar-refractivity contribution in [3.63, 3.8) is 0 Å². The van der Waals surface area contributed by atoms with Gasteiger partial charge in [0, 0.05) is 12.3 Å². The van der Waals surface area contributed by atoms with E-state index in [9.17, 15) is 4.79 Å². The van der Waals surface area contributed by atoms with Crippen LogP contribution in [0.1, 0.15) is 17.5 Å². The Labute approximate surface area is 136 Å². The predicted molar refractivity (Wildman–Crippen MR) is 89.5 cm³/mol. The lowest BCUT2D eigenvalue weighted by molar-refractivity contribution is -0.119. The van der Waals surface area contributed by atoms with Gasteiger partial charge in [-0.1, -0.05) is 30.3 Å². The number of hydrogen-bond acceptors (Lipinski definition) is 3. The number of carbonyl (C=O) groups excluding carboxylic acids is 1. The second-order valence-corrected chi connectivity index (χ2v) is 5.80. The number of ether oxygens (including phenoxy) is 2. The zero-order chi connectivity index (χ0) is 16.1. The number of benzene rings is 2. The van der Waals surface area contributed by atoms with Gasteiger partial charge in [0.2, 0.25) is 5.91 Å². The summed E-state index contributed by atoms with van der Waals surface area (Å²) in [6.07, 6.45) is 0.795. The van der Waals surface area contributed by atoms with E-state index < -0.39 is 0 Å². The number of nitrogens with one attached hydrogen (secondary N) is 1. The minimum absolute atomic E-state index is 0.0311. The molecular weight excluding hydrogens is 290 g/mol. The van der Waals surface area contributed by atoms with Gasteiger partial charge in [-0.25, -0.2) is 0 Å². The zero-order valence-corrected chi connectivity index (χ0v) is 13.2. The molecule has 4 nitrogen and oxygen atoms in total. The van der Waals surface area contributed by atoms with E-state index in [4.69, 9.17) is 9.47 Å². The van der Waals surface area contributed by atoms with Crippen molar-refractivity contribution in [3.05, 3.63) is 59.7 Å². The van der Waals surface area contributed by atoms with Crippen LogP contribution < -0.4 is 10.1 Å². The van der Waals surface area contributed by atoms with Gasteiger partial charge in [0.1, 0.15) is 12.4 Å².